The van der Waals surface area contributed by atoms with Crippen molar-refractivity contribution in [2.24, 2.45) is 5.73 Å². The maximum Gasteiger partial charge on any atom is 0.409 e. The van der Waals surface area contributed by atoms with Crippen LogP contribution in [0.4, 0.5) is 10.5 Å². The zero-order valence-electron chi connectivity index (χ0n) is 15.2. The Bertz CT molecular complexity index is 745. The average Bonchev–Trinajstić information content (AvgIpc) is 2.68. The number of ether oxygens (including phenoxy) is 2. The maximum atomic E-state index is 10.9. The first-order chi connectivity index (χ1) is 12.5. The highest BCUT2D eigenvalue weighted by Crippen LogP contribution is 2.31. The van der Waals surface area contributed by atoms with Crippen LogP contribution in [0.1, 0.15) is 12.5 Å². The second kappa shape index (κ2) is 7.76. The van der Waals surface area contributed by atoms with Crippen LogP contribution in [0.5, 0.6) is 5.75 Å². The standard InChI is InChI=1S/C20H25N3O3/c1-20(25-2,16-7-4-3-5-8-16)23-13-11-22(12-14-23)17-9-6-10-18(15-17)26-19(21)24/h3-10,15H,11-14H2,1-2H3,(H2,21,24). The van der Waals surface area contributed by atoms with E-state index in [0.29, 0.717) is 5.75 Å². The van der Waals surface area contributed by atoms with Crippen LogP contribution in [0.25, 0.3) is 0 Å². The number of primary amides is 1. The number of piperazine rings is 1. The molecule has 0 aliphatic carbocycles. The van der Waals surface area contributed by atoms with Crippen molar-refractivity contribution in [3.63, 3.8) is 0 Å². The molecule has 2 N–H and O–H groups in total. The van der Waals surface area contributed by atoms with Crippen molar-refractivity contribution in [3.05, 3.63) is 60.2 Å². The number of methoxy groups -OCH3 is 1. The van der Waals surface area contributed by atoms with E-state index in [0.717, 1.165) is 37.4 Å². The summed E-state index contributed by atoms with van der Waals surface area (Å²) in [6.45, 7) is 5.54. The van der Waals surface area contributed by atoms with Crippen LogP contribution in [-0.2, 0) is 10.5 Å². The largest absolute Gasteiger partial charge is 0.410 e. The summed E-state index contributed by atoms with van der Waals surface area (Å²) < 4.78 is 10.9. The second-order valence-corrected chi connectivity index (χ2v) is 6.45. The van der Waals surface area contributed by atoms with Gasteiger partial charge in [0.1, 0.15) is 11.5 Å². The number of carbonyl (C=O) groups is 1. The Kier molecular flexibility index (Phi) is 5.44. The zero-order chi connectivity index (χ0) is 18.6. The Morgan fingerprint density at radius 2 is 1.73 bits per heavy atom. The Morgan fingerprint density at radius 3 is 2.35 bits per heavy atom. The molecule has 0 aromatic heterocycles. The summed E-state index contributed by atoms with van der Waals surface area (Å²) in [6, 6.07) is 17.7. The lowest BCUT2D eigenvalue weighted by Gasteiger charge is -2.45. The number of carbonyl (C=O) groups excluding carboxylic acids is 1. The van der Waals surface area contributed by atoms with Gasteiger partial charge in [-0.15, -0.1) is 0 Å². The van der Waals surface area contributed by atoms with Crippen molar-refractivity contribution >= 4 is 11.8 Å². The van der Waals surface area contributed by atoms with Gasteiger partial charge in [0.2, 0.25) is 0 Å². The predicted octanol–water partition coefficient (Wildman–Crippen LogP) is 2.79. The van der Waals surface area contributed by atoms with Crippen molar-refractivity contribution in [3.8, 4) is 5.75 Å². The van der Waals surface area contributed by atoms with Gasteiger partial charge >= 0.3 is 6.09 Å². The molecule has 6 nitrogen and oxygen atoms in total. The smallest absolute Gasteiger partial charge is 0.409 e. The number of rotatable bonds is 5. The topological polar surface area (TPSA) is 68.0 Å². The van der Waals surface area contributed by atoms with E-state index in [1.165, 1.54) is 0 Å². The van der Waals surface area contributed by atoms with E-state index in [1.807, 2.05) is 36.4 Å². The lowest BCUT2D eigenvalue weighted by Crippen LogP contribution is -2.55. The van der Waals surface area contributed by atoms with Gasteiger partial charge in [-0.25, -0.2) is 4.79 Å². The molecule has 1 atom stereocenters. The van der Waals surface area contributed by atoms with Gasteiger partial charge < -0.3 is 20.1 Å². The summed E-state index contributed by atoms with van der Waals surface area (Å²) in [5.74, 6) is 0.462. The molecule has 1 heterocycles. The molecule has 1 aliphatic rings. The first kappa shape index (κ1) is 18.2. The lowest BCUT2D eigenvalue weighted by molar-refractivity contribution is -0.132. The molecule has 0 saturated carbocycles. The number of anilines is 1. The second-order valence-electron chi connectivity index (χ2n) is 6.45. The molecule has 0 spiro atoms. The summed E-state index contributed by atoms with van der Waals surface area (Å²) in [6.07, 6.45) is -0.800. The Balaban J connectivity index is 1.70. The molecule has 1 fully saturated rings. The Labute approximate surface area is 154 Å². The van der Waals surface area contributed by atoms with Gasteiger partial charge in [-0.2, -0.15) is 0 Å². The quantitative estimate of drug-likeness (QED) is 0.893. The van der Waals surface area contributed by atoms with E-state index >= 15 is 0 Å². The lowest BCUT2D eigenvalue weighted by atomic mass is 10.0. The van der Waals surface area contributed by atoms with Crippen LogP contribution in [0.2, 0.25) is 0 Å². The minimum absolute atomic E-state index is 0.454. The summed E-state index contributed by atoms with van der Waals surface area (Å²) in [4.78, 5) is 15.6. The molecular formula is C20H25N3O3. The number of amides is 1. The molecule has 0 bridgehead atoms. The van der Waals surface area contributed by atoms with Crippen LogP contribution in [0.3, 0.4) is 0 Å². The Morgan fingerprint density at radius 1 is 1.04 bits per heavy atom. The Hall–Kier alpha value is -2.57. The van der Waals surface area contributed by atoms with Gasteiger partial charge in [-0.05, 0) is 24.6 Å². The van der Waals surface area contributed by atoms with Crippen LogP contribution in [0, 0.1) is 0 Å². The van der Waals surface area contributed by atoms with Crippen molar-refractivity contribution in [2.45, 2.75) is 12.6 Å². The average molecular weight is 355 g/mol. The number of hydrogen-bond acceptors (Lipinski definition) is 5. The fourth-order valence-electron chi connectivity index (χ4n) is 3.43. The summed E-state index contributed by atoms with van der Waals surface area (Å²) in [5, 5.41) is 0. The zero-order valence-corrected chi connectivity index (χ0v) is 15.2. The van der Waals surface area contributed by atoms with Crippen molar-refractivity contribution in [2.75, 3.05) is 38.2 Å². The molecule has 0 radical (unpaired) electrons. The molecule has 1 saturated heterocycles. The van der Waals surface area contributed by atoms with E-state index in [4.69, 9.17) is 15.2 Å². The van der Waals surface area contributed by atoms with E-state index in [2.05, 4.69) is 28.9 Å². The molecule has 3 rings (SSSR count). The van der Waals surface area contributed by atoms with Gasteiger partial charge in [0, 0.05) is 45.0 Å². The highest BCUT2D eigenvalue weighted by molar-refractivity contribution is 5.68. The van der Waals surface area contributed by atoms with Gasteiger partial charge in [-0.3, -0.25) is 4.90 Å². The van der Waals surface area contributed by atoms with Crippen LogP contribution in [-0.4, -0.2) is 44.3 Å². The highest BCUT2D eigenvalue weighted by atomic mass is 16.5. The van der Waals surface area contributed by atoms with E-state index < -0.39 is 11.8 Å². The van der Waals surface area contributed by atoms with Crippen molar-refractivity contribution < 1.29 is 14.3 Å². The molecule has 6 heteroatoms. The molecule has 138 valence electrons. The molecular weight excluding hydrogens is 330 g/mol. The SMILES string of the molecule is COC(C)(c1ccccc1)N1CCN(c2cccc(OC(N)=O)c2)CC1. The van der Waals surface area contributed by atoms with E-state index in [-0.39, 0.29) is 0 Å². The monoisotopic (exact) mass is 355 g/mol. The van der Waals surface area contributed by atoms with Gasteiger partial charge in [0.15, 0.2) is 0 Å². The predicted molar refractivity (Wildman–Crippen MR) is 101 cm³/mol. The van der Waals surface area contributed by atoms with Crippen LogP contribution in [0.15, 0.2) is 54.6 Å². The first-order valence-corrected chi connectivity index (χ1v) is 8.71. The molecule has 26 heavy (non-hydrogen) atoms. The molecule has 2 aromatic rings. The van der Waals surface area contributed by atoms with Crippen LogP contribution >= 0.6 is 0 Å². The molecule has 2 aromatic carbocycles. The number of hydrogen-bond donors (Lipinski definition) is 1. The first-order valence-electron chi connectivity index (χ1n) is 8.71. The number of benzene rings is 2. The summed E-state index contributed by atoms with van der Waals surface area (Å²) in [7, 11) is 1.75. The molecule has 1 aliphatic heterocycles. The molecule has 1 unspecified atom stereocenters. The molecule has 1 amide bonds. The number of nitrogens with two attached hydrogens (primary N) is 1. The van der Waals surface area contributed by atoms with Gasteiger partial charge in [-0.1, -0.05) is 36.4 Å². The normalized spacial score (nSPS) is 17.5. The third-order valence-electron chi connectivity index (χ3n) is 4.99. The van der Waals surface area contributed by atoms with E-state index in [9.17, 15) is 4.79 Å². The van der Waals surface area contributed by atoms with Crippen LogP contribution < -0.4 is 15.4 Å². The minimum atomic E-state index is -0.800. The third kappa shape index (κ3) is 3.81. The van der Waals surface area contributed by atoms with Crippen molar-refractivity contribution in [1.82, 2.24) is 4.90 Å². The minimum Gasteiger partial charge on any atom is -0.410 e. The summed E-state index contributed by atoms with van der Waals surface area (Å²) in [5.41, 5.74) is 6.80. The maximum absolute atomic E-state index is 10.9. The highest BCUT2D eigenvalue weighted by Gasteiger charge is 2.35. The fraction of sp³-hybridized carbons (Fsp3) is 0.350. The van der Waals surface area contributed by atoms with E-state index in [1.54, 1.807) is 13.2 Å². The van der Waals surface area contributed by atoms with Gasteiger partial charge in [0.25, 0.3) is 0 Å². The van der Waals surface area contributed by atoms with Crippen molar-refractivity contribution in [1.29, 1.82) is 0 Å². The third-order valence-corrected chi connectivity index (χ3v) is 4.99. The number of nitrogens with zero attached hydrogens (tertiary/aromatic N) is 2. The fourth-order valence-corrected chi connectivity index (χ4v) is 3.43. The summed E-state index contributed by atoms with van der Waals surface area (Å²) >= 11 is 0. The van der Waals surface area contributed by atoms with Gasteiger partial charge in [0.05, 0.1) is 0 Å².